The van der Waals surface area contributed by atoms with Gasteiger partial charge in [-0.25, -0.2) is 0 Å². The summed E-state index contributed by atoms with van der Waals surface area (Å²) < 4.78 is 0. The normalized spacial score (nSPS) is 9.86. The van der Waals surface area contributed by atoms with E-state index in [1.165, 1.54) is 5.56 Å². The van der Waals surface area contributed by atoms with E-state index < -0.39 is 0 Å². The predicted octanol–water partition coefficient (Wildman–Crippen LogP) is 2.43. The zero-order valence-corrected chi connectivity index (χ0v) is 9.83. The maximum absolute atomic E-state index is 11.4. The number of halogens is 1. The minimum Gasteiger partial charge on any atom is -0.338 e. The summed E-state index contributed by atoms with van der Waals surface area (Å²) in [5, 5.41) is 0.397. The first kappa shape index (κ1) is 11.2. The van der Waals surface area contributed by atoms with E-state index >= 15 is 0 Å². The summed E-state index contributed by atoms with van der Waals surface area (Å²) >= 11 is 3.18. The highest BCUT2D eigenvalue weighted by molar-refractivity contribution is 9.09. The van der Waals surface area contributed by atoms with Crippen molar-refractivity contribution in [1.82, 2.24) is 4.90 Å². The summed E-state index contributed by atoms with van der Waals surface area (Å²) in [7, 11) is 0. The van der Waals surface area contributed by atoms with Gasteiger partial charge in [0.25, 0.3) is 0 Å². The lowest BCUT2D eigenvalue weighted by molar-refractivity contribution is -0.128. The monoisotopic (exact) mass is 255 g/mol. The number of alkyl halides is 1. The Balaban J connectivity index is 2.62. The molecule has 2 nitrogen and oxygen atoms in total. The molecule has 0 unspecified atom stereocenters. The maximum atomic E-state index is 11.4. The van der Waals surface area contributed by atoms with Crippen LogP contribution >= 0.6 is 15.9 Å². The summed E-state index contributed by atoms with van der Waals surface area (Å²) in [6, 6.07) is 10.0. The predicted molar refractivity (Wildman–Crippen MR) is 61.3 cm³/mol. The molecule has 0 saturated heterocycles. The molecule has 3 heteroatoms. The standard InChI is InChI=1S/C11H14BrNO/c1-2-13(11(14)8-12)9-10-6-4-3-5-7-10/h3-7H,2,8-9H2,1H3. The number of rotatable bonds is 4. The van der Waals surface area contributed by atoms with Crippen molar-refractivity contribution in [2.45, 2.75) is 13.5 Å². The van der Waals surface area contributed by atoms with Crippen molar-refractivity contribution in [1.29, 1.82) is 0 Å². The molecule has 1 rings (SSSR count). The van der Waals surface area contributed by atoms with Gasteiger partial charge in [0.05, 0.1) is 5.33 Å². The maximum Gasteiger partial charge on any atom is 0.233 e. The van der Waals surface area contributed by atoms with Crippen molar-refractivity contribution in [3.05, 3.63) is 35.9 Å². The number of hydrogen-bond acceptors (Lipinski definition) is 1. The van der Waals surface area contributed by atoms with Crippen molar-refractivity contribution >= 4 is 21.8 Å². The van der Waals surface area contributed by atoms with E-state index in [9.17, 15) is 4.79 Å². The van der Waals surface area contributed by atoms with E-state index in [2.05, 4.69) is 15.9 Å². The van der Waals surface area contributed by atoms with Crippen molar-refractivity contribution in [3.63, 3.8) is 0 Å². The number of amides is 1. The first-order valence-corrected chi connectivity index (χ1v) is 5.77. The molecule has 0 saturated carbocycles. The smallest absolute Gasteiger partial charge is 0.233 e. The van der Waals surface area contributed by atoms with Crippen LogP contribution in [0.25, 0.3) is 0 Å². The second-order valence-corrected chi connectivity index (χ2v) is 3.59. The number of carbonyl (C=O) groups is 1. The van der Waals surface area contributed by atoms with Crippen molar-refractivity contribution in [3.8, 4) is 0 Å². The third-order valence-corrected chi connectivity index (χ3v) is 2.54. The second-order valence-electron chi connectivity index (χ2n) is 3.03. The van der Waals surface area contributed by atoms with Crippen LogP contribution in [0.4, 0.5) is 0 Å². The average molecular weight is 256 g/mol. The fraction of sp³-hybridized carbons (Fsp3) is 0.364. The van der Waals surface area contributed by atoms with Crippen molar-refractivity contribution in [2.75, 3.05) is 11.9 Å². The Hall–Kier alpha value is -0.830. The highest BCUT2D eigenvalue weighted by Gasteiger charge is 2.09. The molecule has 0 aliphatic heterocycles. The van der Waals surface area contributed by atoms with Crippen LogP contribution in [0.3, 0.4) is 0 Å². The van der Waals surface area contributed by atoms with Gasteiger partial charge in [0.1, 0.15) is 0 Å². The molecular weight excluding hydrogens is 242 g/mol. The molecular formula is C11H14BrNO. The molecule has 0 aliphatic rings. The molecule has 1 aromatic carbocycles. The lowest BCUT2D eigenvalue weighted by Gasteiger charge is -2.19. The van der Waals surface area contributed by atoms with Crippen LogP contribution in [0.1, 0.15) is 12.5 Å². The van der Waals surface area contributed by atoms with Crippen LogP contribution in [-0.2, 0) is 11.3 Å². The fourth-order valence-electron chi connectivity index (χ4n) is 1.26. The molecule has 0 spiro atoms. The average Bonchev–Trinajstić information content (AvgIpc) is 2.26. The Bertz CT molecular complexity index is 287. The number of nitrogens with zero attached hydrogens (tertiary/aromatic N) is 1. The minimum absolute atomic E-state index is 0.136. The Labute approximate surface area is 93.0 Å². The zero-order valence-electron chi connectivity index (χ0n) is 8.24. The molecule has 0 radical (unpaired) electrons. The molecule has 14 heavy (non-hydrogen) atoms. The van der Waals surface area contributed by atoms with Gasteiger partial charge in [-0.1, -0.05) is 46.3 Å². The molecule has 0 aromatic heterocycles. The Morgan fingerprint density at radius 3 is 2.50 bits per heavy atom. The number of carbonyl (C=O) groups excluding carboxylic acids is 1. The van der Waals surface area contributed by atoms with Crippen molar-refractivity contribution in [2.24, 2.45) is 0 Å². The van der Waals surface area contributed by atoms with Crippen LogP contribution in [0.15, 0.2) is 30.3 Å². The van der Waals surface area contributed by atoms with E-state index in [0.29, 0.717) is 11.9 Å². The molecule has 0 bridgehead atoms. The quantitative estimate of drug-likeness (QED) is 0.757. The minimum atomic E-state index is 0.136. The fourth-order valence-corrected chi connectivity index (χ4v) is 1.62. The lowest BCUT2D eigenvalue weighted by atomic mass is 10.2. The van der Waals surface area contributed by atoms with E-state index in [4.69, 9.17) is 0 Å². The van der Waals surface area contributed by atoms with Gasteiger partial charge >= 0.3 is 0 Å². The summed E-state index contributed by atoms with van der Waals surface area (Å²) in [4.78, 5) is 13.2. The summed E-state index contributed by atoms with van der Waals surface area (Å²) in [6.45, 7) is 3.44. The molecule has 1 amide bonds. The molecule has 0 heterocycles. The van der Waals surface area contributed by atoms with Gasteiger partial charge in [-0.05, 0) is 12.5 Å². The summed E-state index contributed by atoms with van der Waals surface area (Å²) in [5.74, 6) is 0.136. The van der Waals surface area contributed by atoms with E-state index in [1.54, 1.807) is 0 Å². The highest BCUT2D eigenvalue weighted by atomic mass is 79.9. The summed E-state index contributed by atoms with van der Waals surface area (Å²) in [5.41, 5.74) is 1.17. The van der Waals surface area contributed by atoms with Gasteiger partial charge in [-0.3, -0.25) is 4.79 Å². The van der Waals surface area contributed by atoms with Gasteiger partial charge < -0.3 is 4.90 Å². The lowest BCUT2D eigenvalue weighted by Crippen LogP contribution is -2.30. The van der Waals surface area contributed by atoms with Gasteiger partial charge in [-0.2, -0.15) is 0 Å². The van der Waals surface area contributed by atoms with Crippen LogP contribution in [0.2, 0.25) is 0 Å². The van der Waals surface area contributed by atoms with Gasteiger partial charge in [0.2, 0.25) is 5.91 Å². The molecule has 76 valence electrons. The zero-order chi connectivity index (χ0) is 10.4. The summed E-state index contributed by atoms with van der Waals surface area (Å²) in [6.07, 6.45) is 0. The molecule has 0 aliphatic carbocycles. The first-order valence-electron chi connectivity index (χ1n) is 4.65. The van der Waals surface area contributed by atoms with Crippen LogP contribution in [-0.4, -0.2) is 22.7 Å². The van der Waals surface area contributed by atoms with Crippen molar-refractivity contribution < 1.29 is 4.79 Å². The van der Waals surface area contributed by atoms with Crippen LogP contribution in [0, 0.1) is 0 Å². The van der Waals surface area contributed by atoms with E-state index in [0.717, 1.165) is 6.54 Å². The van der Waals surface area contributed by atoms with E-state index in [1.807, 2.05) is 42.2 Å². The molecule has 1 aromatic rings. The SMILES string of the molecule is CCN(Cc1ccccc1)C(=O)CBr. The Morgan fingerprint density at radius 1 is 1.36 bits per heavy atom. The molecule has 0 N–H and O–H groups in total. The largest absolute Gasteiger partial charge is 0.338 e. The topological polar surface area (TPSA) is 20.3 Å². The van der Waals surface area contributed by atoms with Gasteiger partial charge in [-0.15, -0.1) is 0 Å². The van der Waals surface area contributed by atoms with Crippen LogP contribution in [0.5, 0.6) is 0 Å². The Kier molecular flexibility index (Phi) is 4.66. The van der Waals surface area contributed by atoms with Crippen LogP contribution < -0.4 is 0 Å². The Morgan fingerprint density at radius 2 is 2.00 bits per heavy atom. The van der Waals surface area contributed by atoms with Gasteiger partial charge in [0, 0.05) is 13.1 Å². The first-order chi connectivity index (χ1) is 6.77. The van der Waals surface area contributed by atoms with Gasteiger partial charge in [0.15, 0.2) is 0 Å². The number of hydrogen-bond donors (Lipinski definition) is 0. The molecule has 0 fully saturated rings. The third kappa shape index (κ3) is 3.14. The third-order valence-electron chi connectivity index (χ3n) is 2.07. The highest BCUT2D eigenvalue weighted by Crippen LogP contribution is 2.05. The number of benzene rings is 1. The second kappa shape index (κ2) is 5.81. The molecule has 0 atom stereocenters. The van der Waals surface area contributed by atoms with E-state index in [-0.39, 0.29) is 5.91 Å².